The number of hydrogen-bond acceptors (Lipinski definition) is 7. The molecular weight excluding hydrogens is 442 g/mol. The number of nitrogens with one attached hydrogen (secondary N) is 1. The highest BCUT2D eigenvalue weighted by molar-refractivity contribution is 7.09. The van der Waals surface area contributed by atoms with Crippen molar-refractivity contribution in [2.24, 2.45) is 5.92 Å². The molecular formula is C24H39N3O5S. The molecule has 1 aromatic rings. The summed E-state index contributed by atoms with van der Waals surface area (Å²) >= 11 is 1.48. The molecule has 1 saturated heterocycles. The molecule has 0 aliphatic carbocycles. The van der Waals surface area contributed by atoms with E-state index >= 15 is 0 Å². The Hall–Kier alpha value is -2.16. The zero-order chi connectivity index (χ0) is 25.1. The van der Waals surface area contributed by atoms with Crippen LogP contribution >= 0.6 is 11.3 Å². The third-order valence-electron chi connectivity index (χ3n) is 5.12. The average molecular weight is 482 g/mol. The van der Waals surface area contributed by atoms with Crippen molar-refractivity contribution < 1.29 is 23.9 Å². The van der Waals surface area contributed by atoms with Gasteiger partial charge in [-0.25, -0.2) is 14.6 Å². The number of esters is 1. The molecule has 0 spiro atoms. The second-order valence-electron chi connectivity index (χ2n) is 11.1. The fourth-order valence-corrected chi connectivity index (χ4v) is 5.02. The van der Waals surface area contributed by atoms with Gasteiger partial charge in [0.2, 0.25) is 5.91 Å². The third kappa shape index (κ3) is 7.69. The van der Waals surface area contributed by atoms with E-state index in [-0.39, 0.29) is 23.8 Å². The summed E-state index contributed by atoms with van der Waals surface area (Å²) in [6.07, 6.45) is 2.10. The van der Waals surface area contributed by atoms with Crippen LogP contribution in [0, 0.1) is 5.92 Å². The number of carbonyl (C=O) groups excluding carboxylic acids is 3. The Balaban J connectivity index is 2.60. The average Bonchev–Trinajstić information content (AvgIpc) is 3.24. The first kappa shape index (κ1) is 27.1. The number of thiazole rings is 1. The normalized spacial score (nSPS) is 22.2. The van der Waals surface area contributed by atoms with Crippen molar-refractivity contribution >= 4 is 29.3 Å². The molecule has 186 valence electrons. The Morgan fingerprint density at radius 1 is 1.15 bits per heavy atom. The summed E-state index contributed by atoms with van der Waals surface area (Å²) in [5.41, 5.74) is -1.46. The molecule has 1 aliphatic rings. The molecule has 2 rings (SSSR count). The van der Waals surface area contributed by atoms with Crippen molar-refractivity contribution in [2.75, 3.05) is 0 Å². The molecule has 1 aromatic heterocycles. The maximum atomic E-state index is 13.5. The largest absolute Gasteiger partial charge is 0.458 e. The number of likely N-dealkylation sites (tertiary alicyclic amines) is 1. The standard InChI is InChI=1S/C24H39N3O5S/c1-14(2)12-17(26-15(3)28)19-16(20-25-10-11-33-20)13-18(21(29)31-23(4,5)6)27(19)22(30)32-24(7,8)9/h10-11,14,16-19H,12-13H2,1-9H3,(H,26,28)/t16-,17+,18-,19-/m1/s1. The lowest BCUT2D eigenvalue weighted by Gasteiger charge is -2.38. The van der Waals surface area contributed by atoms with Crippen LogP contribution in [-0.4, -0.2) is 57.2 Å². The number of rotatable bonds is 6. The molecule has 0 aromatic carbocycles. The van der Waals surface area contributed by atoms with Gasteiger partial charge in [0.15, 0.2) is 0 Å². The minimum absolute atomic E-state index is 0.191. The van der Waals surface area contributed by atoms with E-state index in [1.54, 1.807) is 47.7 Å². The Labute approximate surface area is 201 Å². The second-order valence-corrected chi connectivity index (χ2v) is 12.0. The predicted molar refractivity (Wildman–Crippen MR) is 128 cm³/mol. The molecule has 1 fully saturated rings. The van der Waals surface area contributed by atoms with E-state index < -0.39 is 35.3 Å². The number of carbonyl (C=O) groups is 3. The van der Waals surface area contributed by atoms with Crippen molar-refractivity contribution in [3.63, 3.8) is 0 Å². The van der Waals surface area contributed by atoms with Crippen molar-refractivity contribution in [3.8, 4) is 0 Å². The Bertz CT molecular complexity index is 826. The smallest absolute Gasteiger partial charge is 0.411 e. The summed E-state index contributed by atoms with van der Waals surface area (Å²) in [6, 6.07) is -1.73. The van der Waals surface area contributed by atoms with Crippen LogP contribution < -0.4 is 5.32 Å². The summed E-state index contributed by atoms with van der Waals surface area (Å²) in [5.74, 6) is -0.669. The first-order valence-corrected chi connectivity index (χ1v) is 12.4. The maximum Gasteiger partial charge on any atom is 0.411 e. The molecule has 0 radical (unpaired) electrons. The van der Waals surface area contributed by atoms with E-state index in [9.17, 15) is 14.4 Å². The monoisotopic (exact) mass is 481 g/mol. The minimum Gasteiger partial charge on any atom is -0.458 e. The van der Waals surface area contributed by atoms with Gasteiger partial charge in [0.25, 0.3) is 0 Å². The van der Waals surface area contributed by atoms with E-state index in [1.165, 1.54) is 23.2 Å². The zero-order valence-electron chi connectivity index (χ0n) is 21.3. The SMILES string of the molecule is CC(=O)N[C@@H](CC(C)C)[C@H]1[C@H](c2nccs2)C[C@H](C(=O)OC(C)(C)C)N1C(=O)OC(C)(C)C. The van der Waals surface area contributed by atoms with Crippen LogP contribution in [0.15, 0.2) is 11.6 Å². The van der Waals surface area contributed by atoms with Gasteiger partial charge in [0.1, 0.15) is 17.2 Å². The highest BCUT2D eigenvalue weighted by atomic mass is 32.1. The number of amides is 2. The highest BCUT2D eigenvalue weighted by Gasteiger charge is 2.53. The summed E-state index contributed by atoms with van der Waals surface area (Å²) in [4.78, 5) is 44.9. The molecule has 0 saturated carbocycles. The second kappa shape index (κ2) is 10.4. The van der Waals surface area contributed by atoms with Gasteiger partial charge in [0.05, 0.1) is 17.1 Å². The van der Waals surface area contributed by atoms with Gasteiger partial charge in [0, 0.05) is 24.4 Å². The zero-order valence-corrected chi connectivity index (χ0v) is 22.1. The first-order chi connectivity index (χ1) is 15.1. The fraction of sp³-hybridized carbons (Fsp3) is 0.750. The fourth-order valence-electron chi connectivity index (χ4n) is 4.23. The summed E-state index contributed by atoms with van der Waals surface area (Å²) in [6.45, 7) is 16.3. The number of aromatic nitrogens is 1. The van der Waals surface area contributed by atoms with Crippen LogP contribution in [0.25, 0.3) is 0 Å². The van der Waals surface area contributed by atoms with Gasteiger partial charge in [-0.1, -0.05) is 13.8 Å². The van der Waals surface area contributed by atoms with Gasteiger partial charge in [-0.3, -0.25) is 9.69 Å². The van der Waals surface area contributed by atoms with Gasteiger partial charge in [-0.05, 0) is 60.3 Å². The van der Waals surface area contributed by atoms with Gasteiger partial charge in [-0.2, -0.15) is 0 Å². The quantitative estimate of drug-likeness (QED) is 0.601. The van der Waals surface area contributed by atoms with Crippen molar-refractivity contribution in [1.82, 2.24) is 15.2 Å². The summed E-state index contributed by atoms with van der Waals surface area (Å²) < 4.78 is 11.4. The molecule has 4 atom stereocenters. The van der Waals surface area contributed by atoms with Crippen LogP contribution in [0.2, 0.25) is 0 Å². The molecule has 0 unspecified atom stereocenters. The Kier molecular flexibility index (Phi) is 8.54. The molecule has 33 heavy (non-hydrogen) atoms. The van der Waals surface area contributed by atoms with Crippen LogP contribution in [0.4, 0.5) is 4.79 Å². The van der Waals surface area contributed by atoms with Crippen LogP contribution in [-0.2, 0) is 19.1 Å². The van der Waals surface area contributed by atoms with Gasteiger partial charge in [-0.15, -0.1) is 11.3 Å². The van der Waals surface area contributed by atoms with Crippen LogP contribution in [0.1, 0.15) is 86.1 Å². The maximum absolute atomic E-state index is 13.5. The Morgan fingerprint density at radius 2 is 1.76 bits per heavy atom. The number of nitrogens with zero attached hydrogens (tertiary/aromatic N) is 2. The molecule has 2 amide bonds. The molecule has 8 nitrogen and oxygen atoms in total. The molecule has 0 bridgehead atoms. The summed E-state index contributed by atoms with van der Waals surface area (Å²) in [5, 5.41) is 5.73. The number of ether oxygens (including phenoxy) is 2. The van der Waals surface area contributed by atoms with Gasteiger partial charge >= 0.3 is 12.1 Å². The van der Waals surface area contributed by atoms with E-state index in [1.807, 2.05) is 5.38 Å². The number of hydrogen-bond donors (Lipinski definition) is 1. The van der Waals surface area contributed by atoms with E-state index in [4.69, 9.17) is 9.47 Å². The van der Waals surface area contributed by atoms with Crippen LogP contribution in [0.5, 0.6) is 0 Å². The molecule has 9 heteroatoms. The Morgan fingerprint density at radius 3 is 2.21 bits per heavy atom. The van der Waals surface area contributed by atoms with Crippen molar-refractivity contribution in [3.05, 3.63) is 16.6 Å². The lowest BCUT2D eigenvalue weighted by molar-refractivity contribution is -0.160. The molecule has 1 N–H and O–H groups in total. The van der Waals surface area contributed by atoms with Gasteiger partial charge < -0.3 is 14.8 Å². The van der Waals surface area contributed by atoms with E-state index in [2.05, 4.69) is 24.1 Å². The van der Waals surface area contributed by atoms with E-state index in [0.717, 1.165) is 5.01 Å². The summed E-state index contributed by atoms with van der Waals surface area (Å²) in [7, 11) is 0. The predicted octanol–water partition coefficient (Wildman–Crippen LogP) is 4.50. The van der Waals surface area contributed by atoms with Crippen LogP contribution in [0.3, 0.4) is 0 Å². The molecule has 1 aliphatic heterocycles. The highest BCUT2D eigenvalue weighted by Crippen LogP contribution is 2.42. The first-order valence-electron chi connectivity index (χ1n) is 11.5. The van der Waals surface area contributed by atoms with Crippen molar-refractivity contribution in [1.29, 1.82) is 0 Å². The third-order valence-corrected chi connectivity index (χ3v) is 6.03. The topological polar surface area (TPSA) is 97.8 Å². The minimum atomic E-state index is -0.846. The lowest BCUT2D eigenvalue weighted by Crippen LogP contribution is -2.56. The molecule has 2 heterocycles. The van der Waals surface area contributed by atoms with Crippen molar-refractivity contribution in [2.45, 2.75) is 110 Å². The van der Waals surface area contributed by atoms with E-state index in [0.29, 0.717) is 12.8 Å². The lowest BCUT2D eigenvalue weighted by atomic mass is 9.88.